The maximum absolute atomic E-state index is 11.8. The fraction of sp³-hybridized carbons (Fsp3) is 0.529. The Hall–Kier alpha value is -2.04. The largest absolute Gasteiger partial charge is 0.463 e. The molecule has 1 aromatic carbocycles. The molecule has 2 N–H and O–H groups in total. The van der Waals surface area contributed by atoms with Crippen LogP contribution in [0, 0.1) is 0 Å². The number of urea groups is 1. The summed E-state index contributed by atoms with van der Waals surface area (Å²) in [5, 5.41) is 5.58. The lowest BCUT2D eigenvalue weighted by Crippen LogP contribution is -2.40. The van der Waals surface area contributed by atoms with Crippen molar-refractivity contribution in [3.63, 3.8) is 0 Å². The van der Waals surface area contributed by atoms with Gasteiger partial charge in [0.25, 0.3) is 0 Å². The normalized spacial score (nSPS) is 15.2. The molecular formula is C17H24N2O3. The van der Waals surface area contributed by atoms with Crippen molar-refractivity contribution in [1.82, 2.24) is 10.6 Å². The minimum absolute atomic E-state index is 0.0924. The van der Waals surface area contributed by atoms with Gasteiger partial charge in [0.2, 0.25) is 0 Å². The van der Waals surface area contributed by atoms with Gasteiger partial charge in [0.15, 0.2) is 0 Å². The van der Waals surface area contributed by atoms with Crippen LogP contribution in [0.1, 0.15) is 38.7 Å². The second-order valence-electron chi connectivity index (χ2n) is 6.04. The van der Waals surface area contributed by atoms with Gasteiger partial charge in [-0.25, -0.2) is 4.79 Å². The van der Waals surface area contributed by atoms with Crippen molar-refractivity contribution in [2.45, 2.75) is 44.6 Å². The van der Waals surface area contributed by atoms with E-state index in [0.717, 1.165) is 12.8 Å². The van der Waals surface area contributed by atoms with Gasteiger partial charge in [-0.15, -0.1) is 0 Å². The molecule has 0 aromatic heterocycles. The van der Waals surface area contributed by atoms with Crippen molar-refractivity contribution in [2.24, 2.45) is 0 Å². The predicted molar refractivity (Wildman–Crippen MR) is 84.6 cm³/mol. The SMILES string of the molecule is CC(C)OC(=O)CCNC(=O)NCC1(c2ccccc2)CC1. The molecule has 5 heteroatoms. The highest BCUT2D eigenvalue weighted by Gasteiger charge is 2.44. The van der Waals surface area contributed by atoms with Gasteiger partial charge in [-0.2, -0.15) is 0 Å². The van der Waals surface area contributed by atoms with Crippen LogP contribution >= 0.6 is 0 Å². The molecule has 120 valence electrons. The van der Waals surface area contributed by atoms with Crippen LogP contribution in [0.3, 0.4) is 0 Å². The monoisotopic (exact) mass is 304 g/mol. The average Bonchev–Trinajstić information content (AvgIpc) is 3.26. The molecule has 0 spiro atoms. The molecule has 2 rings (SSSR count). The molecule has 22 heavy (non-hydrogen) atoms. The van der Waals surface area contributed by atoms with Gasteiger partial charge >= 0.3 is 12.0 Å². The maximum Gasteiger partial charge on any atom is 0.314 e. The molecule has 1 aliphatic carbocycles. The molecule has 5 nitrogen and oxygen atoms in total. The van der Waals surface area contributed by atoms with Gasteiger partial charge in [0.05, 0.1) is 12.5 Å². The zero-order valence-corrected chi connectivity index (χ0v) is 13.2. The molecule has 0 heterocycles. The van der Waals surface area contributed by atoms with Crippen molar-refractivity contribution in [3.8, 4) is 0 Å². The molecule has 0 atom stereocenters. The number of hydrogen-bond donors (Lipinski definition) is 2. The molecule has 0 saturated heterocycles. The van der Waals surface area contributed by atoms with Crippen molar-refractivity contribution >= 4 is 12.0 Å². The summed E-state index contributed by atoms with van der Waals surface area (Å²) in [4.78, 5) is 23.1. The van der Waals surface area contributed by atoms with Crippen LogP contribution in [0.4, 0.5) is 4.79 Å². The Balaban J connectivity index is 1.67. The number of esters is 1. The Morgan fingerprint density at radius 3 is 2.45 bits per heavy atom. The van der Waals surface area contributed by atoms with Crippen LogP contribution in [-0.2, 0) is 14.9 Å². The van der Waals surface area contributed by atoms with E-state index in [-0.39, 0.29) is 36.5 Å². The Labute approximate surface area is 131 Å². The van der Waals surface area contributed by atoms with Gasteiger partial charge in [-0.05, 0) is 32.3 Å². The molecule has 0 unspecified atom stereocenters. The second-order valence-corrected chi connectivity index (χ2v) is 6.04. The van der Waals surface area contributed by atoms with Crippen LogP contribution in [0.2, 0.25) is 0 Å². The van der Waals surface area contributed by atoms with E-state index in [9.17, 15) is 9.59 Å². The standard InChI is InChI=1S/C17H24N2O3/c1-13(2)22-15(20)8-11-18-16(21)19-12-17(9-10-17)14-6-4-3-5-7-14/h3-7,13H,8-12H2,1-2H3,(H2,18,19,21). The Kier molecular flexibility index (Phi) is 5.41. The fourth-order valence-electron chi connectivity index (χ4n) is 2.42. The Morgan fingerprint density at radius 1 is 1.18 bits per heavy atom. The number of rotatable bonds is 7. The summed E-state index contributed by atoms with van der Waals surface area (Å²) in [6.45, 7) is 4.52. The number of hydrogen-bond acceptors (Lipinski definition) is 3. The lowest BCUT2D eigenvalue weighted by molar-refractivity contribution is -0.147. The van der Waals surface area contributed by atoms with E-state index in [1.165, 1.54) is 5.56 Å². The Morgan fingerprint density at radius 2 is 1.86 bits per heavy atom. The van der Waals surface area contributed by atoms with Crippen LogP contribution in [-0.4, -0.2) is 31.2 Å². The minimum Gasteiger partial charge on any atom is -0.463 e. The van der Waals surface area contributed by atoms with E-state index in [0.29, 0.717) is 6.54 Å². The third kappa shape index (κ3) is 4.76. The maximum atomic E-state index is 11.8. The molecule has 0 aliphatic heterocycles. The second kappa shape index (κ2) is 7.29. The number of amides is 2. The van der Waals surface area contributed by atoms with Gasteiger partial charge in [-0.3, -0.25) is 4.79 Å². The number of carbonyl (C=O) groups excluding carboxylic acids is 2. The van der Waals surface area contributed by atoms with E-state index >= 15 is 0 Å². The summed E-state index contributed by atoms with van der Waals surface area (Å²) in [5.41, 5.74) is 1.37. The van der Waals surface area contributed by atoms with Crippen molar-refractivity contribution in [3.05, 3.63) is 35.9 Å². The van der Waals surface area contributed by atoms with Crippen molar-refractivity contribution < 1.29 is 14.3 Å². The lowest BCUT2D eigenvalue weighted by Gasteiger charge is -2.17. The first-order valence-corrected chi connectivity index (χ1v) is 7.78. The smallest absolute Gasteiger partial charge is 0.314 e. The zero-order chi connectivity index (χ0) is 16.0. The molecule has 0 radical (unpaired) electrons. The van der Waals surface area contributed by atoms with E-state index in [1.54, 1.807) is 13.8 Å². The summed E-state index contributed by atoms with van der Waals surface area (Å²) >= 11 is 0. The highest BCUT2D eigenvalue weighted by Crippen LogP contribution is 2.47. The first-order valence-electron chi connectivity index (χ1n) is 7.78. The summed E-state index contributed by atoms with van der Waals surface area (Å²) in [7, 11) is 0. The van der Waals surface area contributed by atoms with Crippen molar-refractivity contribution in [1.29, 1.82) is 0 Å². The van der Waals surface area contributed by atoms with E-state index < -0.39 is 0 Å². The molecule has 1 aliphatic rings. The number of ether oxygens (including phenoxy) is 1. The number of carbonyl (C=O) groups is 2. The van der Waals surface area contributed by atoms with E-state index in [2.05, 4.69) is 22.8 Å². The first-order chi connectivity index (χ1) is 10.5. The third-order valence-electron chi connectivity index (χ3n) is 3.81. The fourth-order valence-corrected chi connectivity index (χ4v) is 2.42. The van der Waals surface area contributed by atoms with Gasteiger partial charge in [0.1, 0.15) is 0 Å². The molecular weight excluding hydrogens is 280 g/mol. The van der Waals surface area contributed by atoms with E-state index in [1.807, 2.05) is 18.2 Å². The minimum atomic E-state index is -0.293. The molecule has 1 fully saturated rings. The summed E-state index contributed by atoms with van der Waals surface area (Å²) in [6.07, 6.45) is 2.26. The van der Waals surface area contributed by atoms with E-state index in [4.69, 9.17) is 4.74 Å². The summed E-state index contributed by atoms with van der Waals surface area (Å²) in [6, 6.07) is 10.0. The number of benzene rings is 1. The molecule has 1 saturated carbocycles. The molecule has 0 bridgehead atoms. The molecule has 1 aromatic rings. The van der Waals surface area contributed by atoms with Gasteiger partial charge in [-0.1, -0.05) is 30.3 Å². The van der Waals surface area contributed by atoms with Crippen LogP contribution in [0.25, 0.3) is 0 Å². The average molecular weight is 304 g/mol. The topological polar surface area (TPSA) is 67.4 Å². The number of nitrogens with one attached hydrogen (secondary N) is 2. The molecule has 2 amide bonds. The quantitative estimate of drug-likeness (QED) is 0.760. The summed E-state index contributed by atoms with van der Waals surface area (Å²) in [5.74, 6) is -0.293. The lowest BCUT2D eigenvalue weighted by atomic mass is 9.96. The first kappa shape index (κ1) is 16.3. The van der Waals surface area contributed by atoms with Crippen LogP contribution < -0.4 is 10.6 Å². The third-order valence-corrected chi connectivity index (χ3v) is 3.81. The van der Waals surface area contributed by atoms with Gasteiger partial charge in [0, 0.05) is 18.5 Å². The predicted octanol–water partition coefficient (Wildman–Crippen LogP) is 2.36. The van der Waals surface area contributed by atoms with Crippen LogP contribution in [0.5, 0.6) is 0 Å². The Bertz CT molecular complexity index is 510. The van der Waals surface area contributed by atoms with Crippen LogP contribution in [0.15, 0.2) is 30.3 Å². The zero-order valence-electron chi connectivity index (χ0n) is 13.2. The summed E-state index contributed by atoms with van der Waals surface area (Å²) < 4.78 is 5.00. The van der Waals surface area contributed by atoms with Gasteiger partial charge < -0.3 is 15.4 Å². The van der Waals surface area contributed by atoms with Crippen molar-refractivity contribution in [2.75, 3.05) is 13.1 Å². The highest BCUT2D eigenvalue weighted by molar-refractivity contribution is 5.75. The highest BCUT2D eigenvalue weighted by atomic mass is 16.5.